The molecule has 2 aromatic rings. The van der Waals surface area contributed by atoms with Gasteiger partial charge in [0.05, 0.1) is 20.1 Å². The van der Waals surface area contributed by atoms with E-state index in [4.69, 9.17) is 4.74 Å². The first-order valence-corrected chi connectivity index (χ1v) is 7.78. The van der Waals surface area contributed by atoms with E-state index in [2.05, 4.69) is 10.6 Å². The summed E-state index contributed by atoms with van der Waals surface area (Å²) < 4.78 is 5.08. The Balaban J connectivity index is 1.70. The van der Waals surface area contributed by atoms with Crippen LogP contribution in [0, 0.1) is 6.92 Å². The molecule has 2 N–H and O–H groups in total. The molecule has 126 valence electrons. The van der Waals surface area contributed by atoms with Crippen LogP contribution in [0.2, 0.25) is 0 Å². The maximum Gasteiger partial charge on any atom is 0.239 e. The molecule has 2 amide bonds. The van der Waals surface area contributed by atoms with Gasteiger partial charge in [-0.15, -0.1) is 0 Å². The van der Waals surface area contributed by atoms with Crippen LogP contribution >= 0.6 is 0 Å². The van der Waals surface area contributed by atoms with E-state index in [1.807, 2.05) is 55.5 Å². The molecule has 0 radical (unpaired) electrons. The number of rotatable bonds is 7. The number of ether oxygens (including phenoxy) is 1. The summed E-state index contributed by atoms with van der Waals surface area (Å²) in [4.78, 5) is 23.6. The van der Waals surface area contributed by atoms with Gasteiger partial charge < -0.3 is 15.4 Å². The summed E-state index contributed by atoms with van der Waals surface area (Å²) in [5, 5.41) is 5.40. The molecule has 0 spiro atoms. The molecule has 0 heterocycles. The molecule has 2 rings (SSSR count). The van der Waals surface area contributed by atoms with Crippen LogP contribution in [-0.2, 0) is 22.6 Å². The monoisotopic (exact) mass is 326 g/mol. The second kappa shape index (κ2) is 8.72. The van der Waals surface area contributed by atoms with Gasteiger partial charge in [-0.1, -0.05) is 42.0 Å². The first-order chi connectivity index (χ1) is 11.6. The maximum atomic E-state index is 11.8. The Bertz CT molecular complexity index is 679. The van der Waals surface area contributed by atoms with E-state index in [-0.39, 0.29) is 24.8 Å². The number of hydrogen-bond acceptors (Lipinski definition) is 3. The van der Waals surface area contributed by atoms with Gasteiger partial charge in [0.25, 0.3) is 0 Å². The average Bonchev–Trinajstić information content (AvgIpc) is 2.60. The quantitative estimate of drug-likeness (QED) is 0.817. The lowest BCUT2D eigenvalue weighted by molar-refractivity contribution is -0.125. The number of aryl methyl sites for hydroxylation is 1. The minimum atomic E-state index is -0.219. The fourth-order valence-corrected chi connectivity index (χ4v) is 2.14. The molecule has 2 aromatic carbocycles. The highest BCUT2D eigenvalue weighted by Gasteiger charge is 2.06. The molecule has 0 unspecified atom stereocenters. The van der Waals surface area contributed by atoms with Gasteiger partial charge in [-0.2, -0.15) is 0 Å². The summed E-state index contributed by atoms with van der Waals surface area (Å²) in [6, 6.07) is 15.2. The van der Waals surface area contributed by atoms with Crippen molar-refractivity contribution in [1.29, 1.82) is 0 Å². The molecule has 0 fully saturated rings. The minimum Gasteiger partial charge on any atom is -0.497 e. The third-order valence-electron chi connectivity index (χ3n) is 3.58. The van der Waals surface area contributed by atoms with Crippen LogP contribution < -0.4 is 15.4 Å². The van der Waals surface area contributed by atoms with Crippen molar-refractivity contribution >= 4 is 11.8 Å². The molecular formula is C19H22N2O3. The largest absolute Gasteiger partial charge is 0.497 e. The predicted octanol–water partition coefficient (Wildman–Crippen LogP) is 1.98. The van der Waals surface area contributed by atoms with E-state index in [1.165, 1.54) is 0 Å². The van der Waals surface area contributed by atoms with Gasteiger partial charge in [0.15, 0.2) is 0 Å². The highest BCUT2D eigenvalue weighted by molar-refractivity contribution is 5.85. The van der Waals surface area contributed by atoms with Gasteiger partial charge in [-0.25, -0.2) is 0 Å². The second-order valence-corrected chi connectivity index (χ2v) is 5.56. The van der Waals surface area contributed by atoms with Crippen LogP contribution in [0.25, 0.3) is 0 Å². The van der Waals surface area contributed by atoms with E-state index in [1.54, 1.807) is 7.11 Å². The molecule has 0 bridgehead atoms. The first kappa shape index (κ1) is 17.5. The lowest BCUT2D eigenvalue weighted by Gasteiger charge is -2.08. The van der Waals surface area contributed by atoms with Crippen LogP contribution in [0.4, 0.5) is 0 Å². The molecular weight excluding hydrogens is 304 g/mol. The molecule has 0 atom stereocenters. The topological polar surface area (TPSA) is 67.4 Å². The number of carbonyl (C=O) groups is 2. The van der Waals surface area contributed by atoms with Crippen molar-refractivity contribution in [3.63, 3.8) is 0 Å². The van der Waals surface area contributed by atoms with Crippen LogP contribution in [0.3, 0.4) is 0 Å². The third-order valence-corrected chi connectivity index (χ3v) is 3.58. The van der Waals surface area contributed by atoms with E-state index in [0.29, 0.717) is 6.54 Å². The normalized spacial score (nSPS) is 10.1. The molecule has 0 saturated carbocycles. The summed E-state index contributed by atoms with van der Waals surface area (Å²) in [6.07, 6.45) is 0.270. The Morgan fingerprint density at radius 3 is 2.12 bits per heavy atom. The van der Waals surface area contributed by atoms with E-state index < -0.39 is 0 Å². The maximum absolute atomic E-state index is 11.8. The van der Waals surface area contributed by atoms with E-state index in [9.17, 15) is 9.59 Å². The fraction of sp³-hybridized carbons (Fsp3) is 0.263. The zero-order valence-corrected chi connectivity index (χ0v) is 14.0. The zero-order valence-electron chi connectivity index (χ0n) is 14.0. The van der Waals surface area contributed by atoms with Crippen LogP contribution in [-0.4, -0.2) is 25.5 Å². The Kier molecular flexibility index (Phi) is 6.37. The molecule has 0 aliphatic carbocycles. The Morgan fingerprint density at radius 2 is 1.50 bits per heavy atom. The number of nitrogens with one attached hydrogen (secondary N) is 2. The molecule has 24 heavy (non-hydrogen) atoms. The number of benzene rings is 2. The van der Waals surface area contributed by atoms with Crippen molar-refractivity contribution in [2.45, 2.75) is 19.9 Å². The smallest absolute Gasteiger partial charge is 0.239 e. The Morgan fingerprint density at radius 1 is 0.875 bits per heavy atom. The summed E-state index contributed by atoms with van der Waals surface area (Å²) in [7, 11) is 1.61. The molecule has 0 aliphatic rings. The predicted molar refractivity (Wildman–Crippen MR) is 92.7 cm³/mol. The third kappa shape index (κ3) is 5.76. The van der Waals surface area contributed by atoms with Crippen LogP contribution in [0.15, 0.2) is 48.5 Å². The van der Waals surface area contributed by atoms with Gasteiger partial charge >= 0.3 is 0 Å². The molecule has 0 saturated heterocycles. The number of hydrogen-bond donors (Lipinski definition) is 2. The van der Waals surface area contributed by atoms with Gasteiger partial charge in [0.1, 0.15) is 5.75 Å². The summed E-state index contributed by atoms with van der Waals surface area (Å²) >= 11 is 0. The lowest BCUT2D eigenvalue weighted by atomic mass is 10.1. The summed E-state index contributed by atoms with van der Waals surface area (Å²) in [5.41, 5.74) is 3.05. The number of methoxy groups -OCH3 is 1. The van der Waals surface area contributed by atoms with Crippen molar-refractivity contribution in [3.8, 4) is 5.75 Å². The van der Waals surface area contributed by atoms with Gasteiger partial charge in [0.2, 0.25) is 11.8 Å². The molecule has 0 aromatic heterocycles. The summed E-state index contributed by atoms with van der Waals surface area (Å²) in [5.74, 6) is 0.384. The van der Waals surface area contributed by atoms with Crippen molar-refractivity contribution < 1.29 is 14.3 Å². The second-order valence-electron chi connectivity index (χ2n) is 5.56. The van der Waals surface area contributed by atoms with Crippen molar-refractivity contribution in [2.24, 2.45) is 0 Å². The fourth-order valence-electron chi connectivity index (χ4n) is 2.14. The average molecular weight is 326 g/mol. The minimum absolute atomic E-state index is 0.0269. The zero-order chi connectivity index (χ0) is 17.4. The first-order valence-electron chi connectivity index (χ1n) is 7.78. The van der Waals surface area contributed by atoms with Gasteiger partial charge in [-0.3, -0.25) is 9.59 Å². The van der Waals surface area contributed by atoms with Crippen molar-refractivity contribution in [3.05, 3.63) is 65.2 Å². The molecule has 0 aliphatic heterocycles. The number of carbonyl (C=O) groups excluding carboxylic acids is 2. The van der Waals surface area contributed by atoms with Gasteiger partial charge in [0, 0.05) is 6.54 Å². The highest BCUT2D eigenvalue weighted by atomic mass is 16.5. The van der Waals surface area contributed by atoms with E-state index in [0.717, 1.165) is 22.4 Å². The van der Waals surface area contributed by atoms with Crippen LogP contribution in [0.1, 0.15) is 16.7 Å². The van der Waals surface area contributed by atoms with Crippen molar-refractivity contribution in [2.75, 3.05) is 13.7 Å². The Hall–Kier alpha value is -2.82. The van der Waals surface area contributed by atoms with Crippen LogP contribution in [0.5, 0.6) is 5.75 Å². The standard InChI is InChI=1S/C19H22N2O3/c1-14-3-5-15(6-4-14)11-18(22)21-13-19(23)20-12-16-7-9-17(24-2)10-8-16/h3-10H,11-13H2,1-2H3,(H,20,23)(H,21,22). The van der Waals surface area contributed by atoms with Crippen molar-refractivity contribution in [1.82, 2.24) is 10.6 Å². The van der Waals surface area contributed by atoms with E-state index >= 15 is 0 Å². The highest BCUT2D eigenvalue weighted by Crippen LogP contribution is 2.10. The summed E-state index contributed by atoms with van der Waals surface area (Å²) in [6.45, 7) is 2.38. The SMILES string of the molecule is COc1ccc(CNC(=O)CNC(=O)Cc2ccc(C)cc2)cc1. The molecule has 5 heteroatoms. The Labute approximate surface area is 142 Å². The molecule has 5 nitrogen and oxygen atoms in total. The lowest BCUT2D eigenvalue weighted by Crippen LogP contribution is -2.37. The number of amides is 2. The van der Waals surface area contributed by atoms with Gasteiger partial charge in [-0.05, 0) is 30.2 Å².